The van der Waals surface area contributed by atoms with Crippen molar-refractivity contribution in [2.24, 2.45) is 16.8 Å². The van der Waals surface area contributed by atoms with E-state index in [0.717, 1.165) is 56.8 Å². The summed E-state index contributed by atoms with van der Waals surface area (Å²) >= 11 is 0. The summed E-state index contributed by atoms with van der Waals surface area (Å²) in [5.41, 5.74) is 0. The molecule has 1 aliphatic heterocycles. The van der Waals surface area contributed by atoms with Gasteiger partial charge in [0, 0.05) is 26.2 Å². The summed E-state index contributed by atoms with van der Waals surface area (Å²) in [6.45, 7) is 8.22. The summed E-state index contributed by atoms with van der Waals surface area (Å²) in [7, 11) is 0. The normalized spacial score (nSPS) is 27.4. The third-order valence-corrected chi connectivity index (χ3v) is 4.94. The molecule has 2 N–H and O–H groups in total. The molecule has 22 heavy (non-hydrogen) atoms. The molecule has 4 nitrogen and oxygen atoms in total. The van der Waals surface area contributed by atoms with Crippen LogP contribution in [-0.2, 0) is 0 Å². The maximum atomic E-state index is 9.62. The lowest BCUT2D eigenvalue weighted by Gasteiger charge is -2.32. The summed E-state index contributed by atoms with van der Waals surface area (Å²) < 4.78 is 0. The highest BCUT2D eigenvalue weighted by molar-refractivity contribution is 14.0. The molecular weight excluding hydrogens is 389 g/mol. The third-order valence-electron chi connectivity index (χ3n) is 4.94. The summed E-state index contributed by atoms with van der Waals surface area (Å²) in [5, 5.41) is 13.0. The predicted octanol–water partition coefficient (Wildman–Crippen LogP) is 3.24. The fourth-order valence-corrected chi connectivity index (χ4v) is 3.68. The first-order valence-corrected chi connectivity index (χ1v) is 8.90. The van der Waals surface area contributed by atoms with Crippen molar-refractivity contribution in [1.29, 1.82) is 0 Å². The number of piperidine rings is 1. The van der Waals surface area contributed by atoms with E-state index >= 15 is 0 Å². The van der Waals surface area contributed by atoms with E-state index in [4.69, 9.17) is 4.99 Å². The highest BCUT2D eigenvalue weighted by Gasteiger charge is 2.21. The maximum absolute atomic E-state index is 9.62. The van der Waals surface area contributed by atoms with Gasteiger partial charge < -0.3 is 15.3 Å². The zero-order chi connectivity index (χ0) is 15.1. The minimum absolute atomic E-state index is 0. The van der Waals surface area contributed by atoms with Gasteiger partial charge in [0.15, 0.2) is 5.96 Å². The predicted molar refractivity (Wildman–Crippen MR) is 104 cm³/mol. The summed E-state index contributed by atoms with van der Waals surface area (Å²) in [6.07, 6.45) is 8.45. The van der Waals surface area contributed by atoms with Crippen LogP contribution in [0.5, 0.6) is 0 Å². The zero-order valence-electron chi connectivity index (χ0n) is 14.3. The Kier molecular flexibility index (Phi) is 9.71. The molecule has 2 rings (SSSR count). The first-order valence-electron chi connectivity index (χ1n) is 8.90. The second-order valence-corrected chi connectivity index (χ2v) is 6.88. The largest absolute Gasteiger partial charge is 0.393 e. The summed E-state index contributed by atoms with van der Waals surface area (Å²) in [4.78, 5) is 7.14. The molecule has 0 amide bonds. The molecule has 1 saturated carbocycles. The maximum Gasteiger partial charge on any atom is 0.193 e. The third kappa shape index (κ3) is 6.60. The SMILES string of the molecule is CCNC(=NCCC1CCCC(C)C1)N1CCC(O)CC1.I. The van der Waals surface area contributed by atoms with Gasteiger partial charge in [0.2, 0.25) is 0 Å². The number of aliphatic imine (C=N–C) groups is 1. The number of nitrogens with zero attached hydrogens (tertiary/aromatic N) is 2. The molecule has 5 heteroatoms. The van der Waals surface area contributed by atoms with Crippen LogP contribution in [0, 0.1) is 11.8 Å². The van der Waals surface area contributed by atoms with Gasteiger partial charge in [0.25, 0.3) is 0 Å². The van der Waals surface area contributed by atoms with Crippen LogP contribution in [0.25, 0.3) is 0 Å². The van der Waals surface area contributed by atoms with Gasteiger partial charge >= 0.3 is 0 Å². The highest BCUT2D eigenvalue weighted by atomic mass is 127. The Balaban J connectivity index is 0.00000242. The van der Waals surface area contributed by atoms with E-state index in [1.54, 1.807) is 0 Å². The fraction of sp³-hybridized carbons (Fsp3) is 0.941. The molecule has 1 aliphatic carbocycles. The van der Waals surface area contributed by atoms with E-state index in [-0.39, 0.29) is 30.1 Å². The molecule has 0 aromatic heterocycles. The average molecular weight is 423 g/mol. The standard InChI is InChI=1S/C17H33N3O.HI/c1-3-18-17(20-11-8-16(21)9-12-20)19-10-7-15-6-4-5-14(2)13-15;/h14-16,21H,3-13H2,1-2H3,(H,18,19);1H. The van der Waals surface area contributed by atoms with Gasteiger partial charge in [-0.1, -0.05) is 26.2 Å². The number of aliphatic hydroxyl groups is 1. The van der Waals surface area contributed by atoms with Crippen LogP contribution in [0.1, 0.15) is 58.8 Å². The monoisotopic (exact) mass is 423 g/mol. The van der Waals surface area contributed by atoms with Gasteiger partial charge in [-0.15, -0.1) is 24.0 Å². The van der Waals surface area contributed by atoms with Crippen LogP contribution < -0.4 is 5.32 Å². The van der Waals surface area contributed by atoms with Gasteiger partial charge in [-0.3, -0.25) is 4.99 Å². The molecule has 2 fully saturated rings. The van der Waals surface area contributed by atoms with Crippen LogP contribution in [0.3, 0.4) is 0 Å². The number of halogens is 1. The van der Waals surface area contributed by atoms with Crippen molar-refractivity contribution in [2.45, 2.75) is 64.9 Å². The number of likely N-dealkylation sites (tertiary alicyclic amines) is 1. The molecule has 1 heterocycles. The molecule has 2 unspecified atom stereocenters. The number of hydrogen-bond donors (Lipinski definition) is 2. The zero-order valence-corrected chi connectivity index (χ0v) is 16.6. The Morgan fingerprint density at radius 1 is 1.23 bits per heavy atom. The van der Waals surface area contributed by atoms with Gasteiger partial charge in [0.05, 0.1) is 6.10 Å². The molecule has 1 saturated heterocycles. The first-order chi connectivity index (χ1) is 10.2. The summed E-state index contributed by atoms with van der Waals surface area (Å²) in [5.74, 6) is 2.83. The van der Waals surface area contributed by atoms with Crippen molar-refractivity contribution in [3.8, 4) is 0 Å². The number of aliphatic hydroxyl groups excluding tert-OH is 1. The molecule has 0 aromatic carbocycles. The van der Waals surface area contributed by atoms with E-state index in [9.17, 15) is 5.11 Å². The van der Waals surface area contributed by atoms with Crippen molar-refractivity contribution < 1.29 is 5.11 Å². The quantitative estimate of drug-likeness (QED) is 0.415. The van der Waals surface area contributed by atoms with Crippen molar-refractivity contribution in [1.82, 2.24) is 10.2 Å². The van der Waals surface area contributed by atoms with Gasteiger partial charge in [0.1, 0.15) is 0 Å². The Labute approximate surface area is 153 Å². The van der Waals surface area contributed by atoms with Crippen LogP contribution in [0.2, 0.25) is 0 Å². The van der Waals surface area contributed by atoms with Crippen molar-refractivity contribution in [3.05, 3.63) is 0 Å². The minimum Gasteiger partial charge on any atom is -0.393 e. The first kappa shape index (κ1) is 20.0. The Morgan fingerprint density at radius 3 is 2.59 bits per heavy atom. The van der Waals surface area contributed by atoms with Gasteiger partial charge in [-0.25, -0.2) is 0 Å². The Bertz CT molecular complexity index is 330. The molecule has 0 bridgehead atoms. The smallest absolute Gasteiger partial charge is 0.193 e. The highest BCUT2D eigenvalue weighted by Crippen LogP contribution is 2.30. The van der Waals surface area contributed by atoms with Crippen molar-refractivity contribution in [2.75, 3.05) is 26.2 Å². The number of guanidine groups is 1. The van der Waals surface area contributed by atoms with Gasteiger partial charge in [-0.05, 0) is 44.4 Å². The second kappa shape index (κ2) is 10.7. The van der Waals surface area contributed by atoms with Crippen LogP contribution >= 0.6 is 24.0 Å². The number of nitrogens with one attached hydrogen (secondary N) is 1. The molecule has 2 atom stereocenters. The average Bonchev–Trinajstić information content (AvgIpc) is 2.47. The van der Waals surface area contributed by atoms with Crippen LogP contribution in [0.15, 0.2) is 4.99 Å². The van der Waals surface area contributed by atoms with E-state index in [2.05, 4.69) is 24.1 Å². The van der Waals surface area contributed by atoms with Gasteiger partial charge in [-0.2, -0.15) is 0 Å². The lowest BCUT2D eigenvalue weighted by atomic mass is 9.81. The topological polar surface area (TPSA) is 47.9 Å². The number of rotatable bonds is 4. The Hall–Kier alpha value is -0.0400. The van der Waals surface area contributed by atoms with E-state index < -0.39 is 0 Å². The summed E-state index contributed by atoms with van der Waals surface area (Å²) in [6, 6.07) is 0. The lowest BCUT2D eigenvalue weighted by molar-refractivity contribution is 0.108. The number of hydrogen-bond acceptors (Lipinski definition) is 2. The van der Waals surface area contributed by atoms with E-state index in [1.807, 2.05) is 0 Å². The second-order valence-electron chi connectivity index (χ2n) is 6.88. The van der Waals surface area contributed by atoms with Crippen LogP contribution in [-0.4, -0.2) is 48.2 Å². The van der Waals surface area contributed by atoms with E-state index in [1.165, 1.54) is 32.1 Å². The Morgan fingerprint density at radius 2 is 1.95 bits per heavy atom. The molecule has 0 radical (unpaired) electrons. The molecule has 2 aliphatic rings. The van der Waals surface area contributed by atoms with E-state index in [0.29, 0.717) is 0 Å². The fourth-order valence-electron chi connectivity index (χ4n) is 3.68. The van der Waals surface area contributed by atoms with Crippen molar-refractivity contribution >= 4 is 29.9 Å². The molecule has 0 spiro atoms. The molecule has 130 valence electrons. The minimum atomic E-state index is -0.118. The molecular formula is C17H34IN3O. The van der Waals surface area contributed by atoms with Crippen molar-refractivity contribution in [3.63, 3.8) is 0 Å². The molecule has 0 aromatic rings. The van der Waals surface area contributed by atoms with Crippen LogP contribution in [0.4, 0.5) is 0 Å². The lowest BCUT2D eigenvalue weighted by Crippen LogP contribution is -2.46.